The monoisotopic (exact) mass is 324 g/mol. The van der Waals surface area contributed by atoms with Crippen molar-refractivity contribution in [2.45, 2.75) is 0 Å². The molecule has 0 aliphatic heterocycles. The van der Waals surface area contributed by atoms with E-state index < -0.39 is 12.0 Å². The van der Waals surface area contributed by atoms with E-state index in [1.54, 1.807) is 18.2 Å². The minimum Gasteiger partial charge on any atom is -0.478 e. The number of anilines is 2. The molecule has 0 aliphatic rings. The first-order chi connectivity index (χ1) is 9.95. The molecule has 108 valence electrons. The van der Waals surface area contributed by atoms with Gasteiger partial charge in [0.15, 0.2) is 0 Å². The Morgan fingerprint density at radius 1 is 1.00 bits per heavy atom. The van der Waals surface area contributed by atoms with E-state index in [1.807, 2.05) is 0 Å². The number of carboxylic acid groups (broad SMARTS) is 1. The maximum Gasteiger partial charge on any atom is 0.335 e. The van der Waals surface area contributed by atoms with Crippen molar-refractivity contribution in [3.8, 4) is 0 Å². The lowest BCUT2D eigenvalue weighted by molar-refractivity contribution is 0.0697. The van der Waals surface area contributed by atoms with Gasteiger partial charge in [0.1, 0.15) is 0 Å². The van der Waals surface area contributed by atoms with Crippen molar-refractivity contribution in [3.05, 3.63) is 58.1 Å². The van der Waals surface area contributed by atoms with Crippen LogP contribution in [0.2, 0.25) is 10.0 Å². The highest BCUT2D eigenvalue weighted by Crippen LogP contribution is 2.25. The molecule has 0 atom stereocenters. The molecule has 21 heavy (non-hydrogen) atoms. The molecule has 2 aromatic rings. The molecule has 0 aliphatic carbocycles. The Balaban J connectivity index is 2.10. The quantitative estimate of drug-likeness (QED) is 0.785. The van der Waals surface area contributed by atoms with Crippen LogP contribution in [-0.2, 0) is 0 Å². The fourth-order valence-corrected chi connectivity index (χ4v) is 1.94. The number of halogens is 2. The van der Waals surface area contributed by atoms with Gasteiger partial charge in [0.05, 0.1) is 16.3 Å². The molecule has 0 bridgehead atoms. The molecule has 0 fully saturated rings. The summed E-state index contributed by atoms with van der Waals surface area (Å²) in [6.07, 6.45) is 0. The number of hydrogen-bond acceptors (Lipinski definition) is 2. The van der Waals surface area contributed by atoms with Gasteiger partial charge in [0.2, 0.25) is 0 Å². The van der Waals surface area contributed by atoms with Gasteiger partial charge >= 0.3 is 12.0 Å². The highest BCUT2D eigenvalue weighted by atomic mass is 35.5. The minimum absolute atomic E-state index is 0.0774. The van der Waals surface area contributed by atoms with Gasteiger partial charge in [-0.3, -0.25) is 0 Å². The summed E-state index contributed by atoms with van der Waals surface area (Å²) in [4.78, 5) is 22.7. The number of carbonyl (C=O) groups is 2. The molecule has 0 aromatic heterocycles. The Hall–Kier alpha value is -2.24. The summed E-state index contributed by atoms with van der Waals surface area (Å²) in [7, 11) is 0. The maximum absolute atomic E-state index is 11.9. The first-order valence-electron chi connectivity index (χ1n) is 5.82. The summed E-state index contributed by atoms with van der Waals surface area (Å²) in [5.74, 6) is -1.07. The number of carboxylic acids is 1. The van der Waals surface area contributed by atoms with Gasteiger partial charge in [-0.15, -0.1) is 0 Å². The second kappa shape index (κ2) is 6.47. The summed E-state index contributed by atoms with van der Waals surface area (Å²) in [5, 5.41) is 14.7. The number of nitrogens with one attached hydrogen (secondary N) is 2. The van der Waals surface area contributed by atoms with E-state index in [0.29, 0.717) is 21.4 Å². The molecular formula is C14H10Cl2N2O3. The molecule has 3 N–H and O–H groups in total. The lowest BCUT2D eigenvalue weighted by atomic mass is 10.2. The van der Waals surface area contributed by atoms with Crippen LogP contribution in [0, 0.1) is 0 Å². The predicted molar refractivity (Wildman–Crippen MR) is 82.5 cm³/mol. The zero-order chi connectivity index (χ0) is 15.4. The van der Waals surface area contributed by atoms with E-state index in [9.17, 15) is 9.59 Å². The van der Waals surface area contributed by atoms with Crippen molar-refractivity contribution < 1.29 is 14.7 Å². The lowest BCUT2D eigenvalue weighted by Gasteiger charge is -2.09. The van der Waals surface area contributed by atoms with Crippen molar-refractivity contribution >= 4 is 46.6 Å². The van der Waals surface area contributed by atoms with Gasteiger partial charge in [-0.05, 0) is 36.4 Å². The van der Waals surface area contributed by atoms with E-state index in [1.165, 1.54) is 24.3 Å². The zero-order valence-electron chi connectivity index (χ0n) is 10.6. The van der Waals surface area contributed by atoms with Crippen molar-refractivity contribution in [2.75, 3.05) is 10.6 Å². The van der Waals surface area contributed by atoms with Crippen LogP contribution in [0.1, 0.15) is 10.4 Å². The molecule has 0 heterocycles. The van der Waals surface area contributed by atoms with Gasteiger partial charge in [-0.1, -0.05) is 29.3 Å². The third kappa shape index (κ3) is 4.11. The van der Waals surface area contributed by atoms with Crippen molar-refractivity contribution in [3.63, 3.8) is 0 Å². The number of carbonyl (C=O) groups excluding carboxylic acids is 1. The molecule has 0 unspecified atom stereocenters. The van der Waals surface area contributed by atoms with Crippen molar-refractivity contribution in [1.29, 1.82) is 0 Å². The van der Waals surface area contributed by atoms with E-state index in [2.05, 4.69) is 10.6 Å². The van der Waals surface area contributed by atoms with Gasteiger partial charge in [0.25, 0.3) is 0 Å². The average molecular weight is 325 g/mol. The molecule has 5 nitrogen and oxygen atoms in total. The topological polar surface area (TPSA) is 78.4 Å². The summed E-state index contributed by atoms with van der Waals surface area (Å²) in [6.45, 7) is 0. The van der Waals surface area contributed by atoms with E-state index in [0.717, 1.165) is 0 Å². The number of aromatic carboxylic acids is 1. The fourth-order valence-electron chi connectivity index (χ4n) is 1.61. The summed E-state index contributed by atoms with van der Waals surface area (Å²) < 4.78 is 0. The molecule has 0 saturated heterocycles. The van der Waals surface area contributed by atoms with Crippen LogP contribution in [-0.4, -0.2) is 17.1 Å². The van der Waals surface area contributed by atoms with E-state index >= 15 is 0 Å². The van der Waals surface area contributed by atoms with Gasteiger partial charge in [-0.25, -0.2) is 9.59 Å². The maximum atomic E-state index is 11.9. The first kappa shape index (κ1) is 15.2. The third-order valence-electron chi connectivity index (χ3n) is 2.54. The van der Waals surface area contributed by atoms with Crippen LogP contribution in [0.25, 0.3) is 0 Å². The zero-order valence-corrected chi connectivity index (χ0v) is 12.1. The first-order valence-corrected chi connectivity index (χ1v) is 6.58. The van der Waals surface area contributed by atoms with Crippen LogP contribution in [0.15, 0.2) is 42.5 Å². The number of urea groups is 1. The Bertz CT molecular complexity index is 704. The summed E-state index contributed by atoms with van der Waals surface area (Å²) in [6, 6.07) is 10.0. The van der Waals surface area contributed by atoms with Crippen LogP contribution < -0.4 is 10.6 Å². The largest absolute Gasteiger partial charge is 0.478 e. The molecule has 2 aromatic carbocycles. The fraction of sp³-hybridized carbons (Fsp3) is 0. The Morgan fingerprint density at radius 2 is 1.76 bits per heavy atom. The molecule has 0 spiro atoms. The Labute approximate surface area is 130 Å². The standard InChI is InChI=1S/C14H10Cl2N2O3/c15-9-4-5-11(16)12(7-9)18-14(21)17-10-3-1-2-8(6-10)13(19)20/h1-7H,(H,19,20)(H2,17,18,21). The summed E-state index contributed by atoms with van der Waals surface area (Å²) >= 11 is 11.8. The Kier molecular flexibility index (Phi) is 4.67. The SMILES string of the molecule is O=C(Nc1cccc(C(=O)O)c1)Nc1cc(Cl)ccc1Cl. The normalized spacial score (nSPS) is 10.0. The number of benzene rings is 2. The van der Waals surface area contributed by atoms with Gasteiger partial charge in [-0.2, -0.15) is 0 Å². The molecule has 2 amide bonds. The van der Waals surface area contributed by atoms with E-state index in [-0.39, 0.29) is 5.56 Å². The van der Waals surface area contributed by atoms with Crippen molar-refractivity contribution in [1.82, 2.24) is 0 Å². The number of rotatable bonds is 3. The second-order valence-corrected chi connectivity index (χ2v) is 4.93. The number of hydrogen-bond donors (Lipinski definition) is 3. The third-order valence-corrected chi connectivity index (χ3v) is 3.11. The molecule has 7 heteroatoms. The predicted octanol–water partition coefficient (Wildman–Crippen LogP) is 4.34. The lowest BCUT2D eigenvalue weighted by Crippen LogP contribution is -2.19. The smallest absolute Gasteiger partial charge is 0.335 e. The highest BCUT2D eigenvalue weighted by Gasteiger charge is 2.08. The van der Waals surface area contributed by atoms with Crippen LogP contribution in [0.3, 0.4) is 0 Å². The van der Waals surface area contributed by atoms with E-state index in [4.69, 9.17) is 28.3 Å². The van der Waals surface area contributed by atoms with Gasteiger partial charge in [0, 0.05) is 10.7 Å². The molecule has 0 radical (unpaired) electrons. The summed E-state index contributed by atoms with van der Waals surface area (Å²) in [5.41, 5.74) is 0.787. The van der Waals surface area contributed by atoms with Crippen molar-refractivity contribution in [2.24, 2.45) is 0 Å². The molecular weight excluding hydrogens is 315 g/mol. The highest BCUT2D eigenvalue weighted by molar-refractivity contribution is 6.35. The van der Waals surface area contributed by atoms with Crippen LogP contribution >= 0.6 is 23.2 Å². The molecule has 0 saturated carbocycles. The second-order valence-electron chi connectivity index (χ2n) is 4.09. The Morgan fingerprint density at radius 3 is 2.48 bits per heavy atom. The molecule has 2 rings (SSSR count). The van der Waals surface area contributed by atoms with Crippen LogP contribution in [0.4, 0.5) is 16.2 Å². The number of amides is 2. The van der Waals surface area contributed by atoms with Gasteiger partial charge < -0.3 is 15.7 Å². The average Bonchev–Trinajstić information content (AvgIpc) is 2.43. The van der Waals surface area contributed by atoms with Crippen LogP contribution in [0.5, 0.6) is 0 Å². The minimum atomic E-state index is -1.07.